The van der Waals surface area contributed by atoms with Crippen LogP contribution in [0.4, 0.5) is 4.39 Å². The zero-order valence-corrected chi connectivity index (χ0v) is 17.7. The molecule has 28 heavy (non-hydrogen) atoms. The standard InChI is InChI=1S/C21H31FN2O3S/c1-3-5-12-23(13-6-7-20(26)27-4-2)16-19(25)24-14-15-28-21(24)17-8-10-18(22)11-9-17/h8-11,21H,3-7,12-16H2,1-2H3. The average Bonchev–Trinajstić information content (AvgIpc) is 3.16. The summed E-state index contributed by atoms with van der Waals surface area (Å²) >= 11 is 1.71. The Morgan fingerprint density at radius 2 is 1.93 bits per heavy atom. The van der Waals surface area contributed by atoms with Crippen LogP contribution in [0, 0.1) is 5.82 Å². The lowest BCUT2D eigenvalue weighted by molar-refractivity contribution is -0.143. The lowest BCUT2D eigenvalue weighted by atomic mass is 10.2. The number of hydrogen-bond donors (Lipinski definition) is 0. The second kappa shape index (κ2) is 12.1. The van der Waals surface area contributed by atoms with Gasteiger partial charge in [0, 0.05) is 18.7 Å². The van der Waals surface area contributed by atoms with Crippen molar-refractivity contribution < 1.29 is 18.7 Å². The van der Waals surface area contributed by atoms with E-state index in [2.05, 4.69) is 11.8 Å². The van der Waals surface area contributed by atoms with Crippen LogP contribution >= 0.6 is 11.8 Å². The van der Waals surface area contributed by atoms with Crippen molar-refractivity contribution >= 4 is 23.6 Å². The van der Waals surface area contributed by atoms with Gasteiger partial charge in [-0.15, -0.1) is 11.8 Å². The van der Waals surface area contributed by atoms with Crippen LogP contribution in [0.25, 0.3) is 0 Å². The molecule has 1 aromatic rings. The van der Waals surface area contributed by atoms with Gasteiger partial charge in [-0.1, -0.05) is 25.5 Å². The molecule has 0 radical (unpaired) electrons. The number of carbonyl (C=O) groups excluding carboxylic acids is 2. The SMILES string of the molecule is CCCCN(CCCC(=O)OCC)CC(=O)N1CCSC1c1ccc(F)cc1. The van der Waals surface area contributed by atoms with Crippen LogP contribution in [0.2, 0.25) is 0 Å². The molecule has 1 fully saturated rings. The van der Waals surface area contributed by atoms with Gasteiger partial charge in [0.05, 0.1) is 13.2 Å². The Balaban J connectivity index is 1.92. The van der Waals surface area contributed by atoms with E-state index in [4.69, 9.17) is 4.74 Å². The molecule has 1 aliphatic heterocycles. The number of amides is 1. The fourth-order valence-electron chi connectivity index (χ4n) is 3.24. The van der Waals surface area contributed by atoms with Crippen molar-refractivity contribution in [1.82, 2.24) is 9.80 Å². The first-order valence-electron chi connectivity index (χ1n) is 10.1. The van der Waals surface area contributed by atoms with Crippen LogP contribution in [0.1, 0.15) is 50.5 Å². The van der Waals surface area contributed by atoms with E-state index in [1.807, 2.05) is 4.90 Å². The summed E-state index contributed by atoms with van der Waals surface area (Å²) in [6.45, 7) is 6.92. The number of rotatable bonds is 11. The minimum Gasteiger partial charge on any atom is -0.466 e. The Morgan fingerprint density at radius 1 is 1.21 bits per heavy atom. The molecule has 1 aromatic carbocycles. The summed E-state index contributed by atoms with van der Waals surface area (Å²) in [5, 5.41) is -0.0549. The smallest absolute Gasteiger partial charge is 0.305 e. The highest BCUT2D eigenvalue weighted by Gasteiger charge is 2.31. The Morgan fingerprint density at radius 3 is 2.61 bits per heavy atom. The van der Waals surface area contributed by atoms with Gasteiger partial charge >= 0.3 is 5.97 Å². The van der Waals surface area contributed by atoms with Crippen molar-refractivity contribution in [1.29, 1.82) is 0 Å². The van der Waals surface area contributed by atoms with Crippen LogP contribution in [0.5, 0.6) is 0 Å². The van der Waals surface area contributed by atoms with Gasteiger partial charge in [0.15, 0.2) is 0 Å². The van der Waals surface area contributed by atoms with Gasteiger partial charge < -0.3 is 9.64 Å². The molecular weight excluding hydrogens is 379 g/mol. The highest BCUT2D eigenvalue weighted by Crippen LogP contribution is 2.37. The second-order valence-corrected chi connectivity index (χ2v) is 8.09. The average molecular weight is 411 g/mol. The zero-order chi connectivity index (χ0) is 20.4. The summed E-state index contributed by atoms with van der Waals surface area (Å²) < 4.78 is 18.2. The molecule has 0 bridgehead atoms. The summed E-state index contributed by atoms with van der Waals surface area (Å²) in [6, 6.07) is 6.40. The quantitative estimate of drug-likeness (QED) is 0.519. The molecule has 1 atom stereocenters. The zero-order valence-electron chi connectivity index (χ0n) is 16.9. The molecule has 1 heterocycles. The van der Waals surface area contributed by atoms with Gasteiger partial charge in [-0.2, -0.15) is 0 Å². The van der Waals surface area contributed by atoms with Crippen molar-refractivity contribution in [2.24, 2.45) is 0 Å². The van der Waals surface area contributed by atoms with Gasteiger partial charge in [-0.25, -0.2) is 4.39 Å². The van der Waals surface area contributed by atoms with E-state index in [1.165, 1.54) is 12.1 Å². The van der Waals surface area contributed by atoms with Gasteiger partial charge in [-0.3, -0.25) is 14.5 Å². The van der Waals surface area contributed by atoms with Crippen LogP contribution < -0.4 is 0 Å². The molecule has 156 valence electrons. The first kappa shape index (κ1) is 22.7. The van der Waals surface area contributed by atoms with E-state index in [-0.39, 0.29) is 23.1 Å². The topological polar surface area (TPSA) is 49.9 Å². The van der Waals surface area contributed by atoms with Gasteiger partial charge in [0.1, 0.15) is 11.2 Å². The normalized spacial score (nSPS) is 16.6. The molecule has 0 spiro atoms. The number of ether oxygens (including phenoxy) is 1. The van der Waals surface area contributed by atoms with E-state index in [1.54, 1.807) is 30.8 Å². The highest BCUT2D eigenvalue weighted by molar-refractivity contribution is 7.99. The Bertz CT molecular complexity index is 627. The number of thioether (sulfide) groups is 1. The fourth-order valence-corrected chi connectivity index (χ4v) is 4.52. The summed E-state index contributed by atoms with van der Waals surface area (Å²) in [4.78, 5) is 28.5. The summed E-state index contributed by atoms with van der Waals surface area (Å²) in [6.07, 6.45) is 3.14. The van der Waals surface area contributed by atoms with Crippen LogP contribution in [0.15, 0.2) is 24.3 Å². The summed E-state index contributed by atoms with van der Waals surface area (Å²) in [5.74, 6) is 0.520. The number of benzene rings is 1. The molecule has 1 aliphatic rings. The molecule has 1 saturated heterocycles. The van der Waals surface area contributed by atoms with Crippen LogP contribution in [0.3, 0.4) is 0 Å². The van der Waals surface area contributed by atoms with E-state index in [9.17, 15) is 14.0 Å². The van der Waals surface area contributed by atoms with Crippen molar-refractivity contribution in [2.45, 2.75) is 44.9 Å². The predicted molar refractivity (Wildman–Crippen MR) is 111 cm³/mol. The Hall–Kier alpha value is -1.60. The number of carbonyl (C=O) groups is 2. The lowest BCUT2D eigenvalue weighted by Crippen LogP contribution is -2.41. The highest BCUT2D eigenvalue weighted by atomic mass is 32.2. The van der Waals surface area contributed by atoms with E-state index in [0.29, 0.717) is 39.1 Å². The Labute approximate surface area is 171 Å². The van der Waals surface area contributed by atoms with Crippen LogP contribution in [-0.4, -0.2) is 60.2 Å². The van der Waals surface area contributed by atoms with E-state index in [0.717, 1.165) is 30.7 Å². The molecule has 7 heteroatoms. The third kappa shape index (κ3) is 7.09. The van der Waals surface area contributed by atoms with Gasteiger partial charge in [0.25, 0.3) is 0 Å². The molecule has 1 unspecified atom stereocenters. The molecule has 0 aliphatic carbocycles. The maximum Gasteiger partial charge on any atom is 0.305 e. The molecule has 0 aromatic heterocycles. The molecule has 5 nitrogen and oxygen atoms in total. The summed E-state index contributed by atoms with van der Waals surface area (Å²) in [7, 11) is 0. The number of esters is 1. The Kier molecular flexibility index (Phi) is 9.78. The second-order valence-electron chi connectivity index (χ2n) is 6.90. The number of hydrogen-bond acceptors (Lipinski definition) is 5. The fraction of sp³-hybridized carbons (Fsp3) is 0.619. The maximum atomic E-state index is 13.2. The van der Waals surface area contributed by atoms with E-state index < -0.39 is 0 Å². The molecule has 0 N–H and O–H groups in total. The molecule has 2 rings (SSSR count). The number of nitrogens with zero attached hydrogens (tertiary/aromatic N) is 2. The third-order valence-corrected chi connectivity index (χ3v) is 5.97. The van der Waals surface area contributed by atoms with Crippen molar-refractivity contribution in [3.05, 3.63) is 35.6 Å². The van der Waals surface area contributed by atoms with Crippen molar-refractivity contribution in [3.8, 4) is 0 Å². The third-order valence-electron chi connectivity index (χ3n) is 4.71. The lowest BCUT2D eigenvalue weighted by Gasteiger charge is -2.28. The van der Waals surface area contributed by atoms with Crippen molar-refractivity contribution in [3.63, 3.8) is 0 Å². The van der Waals surface area contributed by atoms with Gasteiger partial charge in [0.2, 0.25) is 5.91 Å². The molecule has 0 saturated carbocycles. The largest absolute Gasteiger partial charge is 0.466 e. The van der Waals surface area contributed by atoms with E-state index >= 15 is 0 Å². The first-order valence-corrected chi connectivity index (χ1v) is 11.1. The van der Waals surface area contributed by atoms with Crippen molar-refractivity contribution in [2.75, 3.05) is 38.5 Å². The van der Waals surface area contributed by atoms with Gasteiger partial charge in [-0.05, 0) is 50.6 Å². The predicted octanol–water partition coefficient (Wildman–Crippen LogP) is 3.85. The molecule has 1 amide bonds. The molecular formula is C21H31FN2O3S. The number of halogens is 1. The minimum atomic E-state index is -0.267. The van der Waals surface area contributed by atoms with Crippen LogP contribution in [-0.2, 0) is 14.3 Å². The number of unbranched alkanes of at least 4 members (excludes halogenated alkanes) is 1. The maximum absolute atomic E-state index is 13.2. The first-order chi connectivity index (χ1) is 13.5. The summed E-state index contributed by atoms with van der Waals surface area (Å²) in [5.41, 5.74) is 0.958. The monoisotopic (exact) mass is 410 g/mol. The minimum absolute atomic E-state index is 0.0549.